The van der Waals surface area contributed by atoms with Gasteiger partial charge < -0.3 is 16.2 Å². The van der Waals surface area contributed by atoms with Crippen molar-refractivity contribution in [3.05, 3.63) is 0 Å². The standard InChI is InChI=1S/C17H28N2O3/c1-9(2)3-14(15(20)21)19-16(22)17(18)12-5-10-4-11(7-12)8-13(17)6-10/h9-14H,3-8,18H2,1-2H3,(H,19,22)(H,20,21). The highest BCUT2D eigenvalue weighted by atomic mass is 16.4. The van der Waals surface area contributed by atoms with Gasteiger partial charge in [0.1, 0.15) is 11.6 Å². The fraction of sp³-hybridized carbons (Fsp3) is 0.882. The van der Waals surface area contributed by atoms with Crippen molar-refractivity contribution in [1.82, 2.24) is 5.32 Å². The molecular formula is C17H28N2O3. The van der Waals surface area contributed by atoms with E-state index in [0.29, 0.717) is 6.42 Å². The summed E-state index contributed by atoms with van der Waals surface area (Å²) in [4.78, 5) is 24.3. The predicted molar refractivity (Wildman–Crippen MR) is 83.0 cm³/mol. The first-order chi connectivity index (χ1) is 10.3. The van der Waals surface area contributed by atoms with Gasteiger partial charge in [0.15, 0.2) is 0 Å². The van der Waals surface area contributed by atoms with Crippen LogP contribution in [0.3, 0.4) is 0 Å². The van der Waals surface area contributed by atoms with Crippen molar-refractivity contribution in [2.75, 3.05) is 0 Å². The highest BCUT2D eigenvalue weighted by molar-refractivity contribution is 5.91. The lowest BCUT2D eigenvalue weighted by Gasteiger charge is -2.58. The van der Waals surface area contributed by atoms with E-state index in [2.05, 4.69) is 5.32 Å². The molecule has 0 aromatic rings. The summed E-state index contributed by atoms with van der Waals surface area (Å²) >= 11 is 0. The lowest BCUT2D eigenvalue weighted by Crippen LogP contribution is -2.70. The SMILES string of the molecule is CC(C)CC(NC(=O)C1(N)C2CC3CC(C2)CC1C3)C(=O)O. The van der Waals surface area contributed by atoms with Gasteiger partial charge >= 0.3 is 5.97 Å². The second-order valence-electron chi connectivity index (χ2n) is 8.23. The third-order valence-electron chi connectivity index (χ3n) is 6.19. The first-order valence-corrected chi connectivity index (χ1v) is 8.63. The van der Waals surface area contributed by atoms with E-state index in [0.717, 1.165) is 37.5 Å². The summed E-state index contributed by atoms with van der Waals surface area (Å²) in [6, 6.07) is -0.829. The van der Waals surface area contributed by atoms with Crippen molar-refractivity contribution in [1.29, 1.82) is 0 Å². The summed E-state index contributed by atoms with van der Waals surface area (Å²) in [5, 5.41) is 12.1. The molecule has 1 atom stereocenters. The number of aliphatic carboxylic acids is 1. The number of carboxylic acids is 1. The molecule has 0 aromatic carbocycles. The molecule has 4 fully saturated rings. The summed E-state index contributed by atoms with van der Waals surface area (Å²) in [7, 11) is 0. The zero-order chi connectivity index (χ0) is 16.1. The maximum Gasteiger partial charge on any atom is 0.326 e. The summed E-state index contributed by atoms with van der Waals surface area (Å²) in [6.45, 7) is 3.92. The predicted octanol–water partition coefficient (Wildman–Crippen LogP) is 1.76. The number of carbonyl (C=O) groups is 2. The van der Waals surface area contributed by atoms with Crippen LogP contribution < -0.4 is 11.1 Å². The van der Waals surface area contributed by atoms with Gasteiger partial charge in [-0.2, -0.15) is 0 Å². The van der Waals surface area contributed by atoms with Crippen molar-refractivity contribution in [2.24, 2.45) is 35.3 Å². The lowest BCUT2D eigenvalue weighted by molar-refractivity contribution is -0.149. The second-order valence-corrected chi connectivity index (χ2v) is 8.23. The Balaban J connectivity index is 1.74. The Bertz CT molecular complexity index is 447. The highest BCUT2D eigenvalue weighted by Crippen LogP contribution is 2.57. The van der Waals surface area contributed by atoms with Crippen molar-refractivity contribution < 1.29 is 14.7 Å². The number of carboxylic acid groups (broad SMARTS) is 1. The number of nitrogens with one attached hydrogen (secondary N) is 1. The third-order valence-corrected chi connectivity index (χ3v) is 6.19. The van der Waals surface area contributed by atoms with Crippen LogP contribution >= 0.6 is 0 Å². The largest absolute Gasteiger partial charge is 0.480 e. The van der Waals surface area contributed by atoms with Gasteiger partial charge in [-0.25, -0.2) is 4.79 Å². The van der Waals surface area contributed by atoms with Crippen LogP contribution in [0.5, 0.6) is 0 Å². The maximum absolute atomic E-state index is 12.9. The number of nitrogens with two attached hydrogens (primary N) is 1. The molecule has 5 heteroatoms. The minimum atomic E-state index is -0.963. The Kier molecular flexibility index (Phi) is 3.96. The van der Waals surface area contributed by atoms with Crippen LogP contribution in [-0.4, -0.2) is 28.6 Å². The normalized spacial score (nSPS) is 40.7. The van der Waals surface area contributed by atoms with Crippen molar-refractivity contribution >= 4 is 11.9 Å². The molecule has 0 radical (unpaired) electrons. The van der Waals surface area contributed by atoms with E-state index >= 15 is 0 Å². The Morgan fingerprint density at radius 3 is 2.05 bits per heavy atom. The van der Waals surface area contributed by atoms with Crippen LogP contribution in [-0.2, 0) is 9.59 Å². The van der Waals surface area contributed by atoms with Crippen LogP contribution in [0.15, 0.2) is 0 Å². The van der Waals surface area contributed by atoms with Crippen LogP contribution in [0.1, 0.15) is 52.4 Å². The molecule has 4 bridgehead atoms. The molecule has 4 aliphatic rings. The van der Waals surface area contributed by atoms with Gasteiger partial charge in [0.05, 0.1) is 0 Å². The molecule has 1 amide bonds. The molecule has 124 valence electrons. The first kappa shape index (κ1) is 15.8. The molecular weight excluding hydrogens is 280 g/mol. The fourth-order valence-electron chi connectivity index (χ4n) is 5.31. The summed E-state index contributed by atoms with van der Waals surface area (Å²) in [6.07, 6.45) is 5.91. The van der Waals surface area contributed by atoms with Crippen LogP contribution in [0.25, 0.3) is 0 Å². The zero-order valence-electron chi connectivity index (χ0n) is 13.5. The Morgan fingerprint density at radius 2 is 1.64 bits per heavy atom. The minimum Gasteiger partial charge on any atom is -0.480 e. The fourth-order valence-corrected chi connectivity index (χ4v) is 5.31. The number of rotatable bonds is 5. The van der Waals surface area contributed by atoms with E-state index in [1.807, 2.05) is 13.8 Å². The first-order valence-electron chi connectivity index (χ1n) is 8.63. The molecule has 5 nitrogen and oxygen atoms in total. The van der Waals surface area contributed by atoms with E-state index in [9.17, 15) is 14.7 Å². The highest BCUT2D eigenvalue weighted by Gasteiger charge is 2.59. The van der Waals surface area contributed by atoms with E-state index in [4.69, 9.17) is 5.73 Å². The summed E-state index contributed by atoms with van der Waals surface area (Å²) in [5.74, 6) is 0.961. The number of hydrogen-bond donors (Lipinski definition) is 3. The van der Waals surface area contributed by atoms with E-state index in [-0.39, 0.29) is 23.7 Å². The van der Waals surface area contributed by atoms with E-state index in [1.54, 1.807) is 0 Å². The van der Waals surface area contributed by atoms with Gasteiger partial charge in [-0.1, -0.05) is 13.8 Å². The van der Waals surface area contributed by atoms with Crippen LogP contribution in [0, 0.1) is 29.6 Å². The number of amides is 1. The molecule has 0 heterocycles. The summed E-state index contributed by atoms with van der Waals surface area (Å²) < 4.78 is 0. The lowest BCUT2D eigenvalue weighted by atomic mass is 9.48. The van der Waals surface area contributed by atoms with Crippen LogP contribution in [0.2, 0.25) is 0 Å². The van der Waals surface area contributed by atoms with E-state index in [1.165, 1.54) is 6.42 Å². The molecule has 22 heavy (non-hydrogen) atoms. The number of hydrogen-bond acceptors (Lipinski definition) is 3. The van der Waals surface area contributed by atoms with Gasteiger partial charge in [-0.15, -0.1) is 0 Å². The Morgan fingerprint density at radius 1 is 1.14 bits per heavy atom. The molecule has 0 saturated heterocycles. The minimum absolute atomic E-state index is 0.216. The monoisotopic (exact) mass is 308 g/mol. The average molecular weight is 308 g/mol. The molecule has 1 unspecified atom stereocenters. The molecule has 0 aliphatic heterocycles. The topological polar surface area (TPSA) is 92.4 Å². The van der Waals surface area contributed by atoms with Crippen molar-refractivity contribution in [3.63, 3.8) is 0 Å². The quantitative estimate of drug-likeness (QED) is 0.721. The van der Waals surface area contributed by atoms with Gasteiger partial charge in [-0.3, -0.25) is 4.79 Å². The molecule has 4 aliphatic carbocycles. The number of carbonyl (C=O) groups excluding carboxylic acids is 1. The van der Waals surface area contributed by atoms with Gasteiger partial charge in [0.2, 0.25) is 5.91 Å². The zero-order valence-corrected chi connectivity index (χ0v) is 13.5. The van der Waals surface area contributed by atoms with Gasteiger partial charge in [0, 0.05) is 0 Å². The molecule has 4 rings (SSSR count). The smallest absolute Gasteiger partial charge is 0.326 e. The molecule has 0 aromatic heterocycles. The molecule has 0 spiro atoms. The maximum atomic E-state index is 12.9. The van der Waals surface area contributed by atoms with Crippen LogP contribution in [0.4, 0.5) is 0 Å². The average Bonchev–Trinajstić information content (AvgIpc) is 2.42. The van der Waals surface area contributed by atoms with Gasteiger partial charge in [0.25, 0.3) is 0 Å². The van der Waals surface area contributed by atoms with Gasteiger partial charge in [-0.05, 0) is 68.1 Å². The molecule has 4 N–H and O–H groups in total. The summed E-state index contributed by atoms with van der Waals surface area (Å²) in [5.41, 5.74) is 5.76. The Hall–Kier alpha value is -1.10. The van der Waals surface area contributed by atoms with Crippen molar-refractivity contribution in [3.8, 4) is 0 Å². The molecule has 4 saturated carbocycles. The second kappa shape index (κ2) is 5.52. The third kappa shape index (κ3) is 2.53. The van der Waals surface area contributed by atoms with E-state index < -0.39 is 17.6 Å². The Labute approximate surface area is 132 Å². The van der Waals surface area contributed by atoms with Crippen molar-refractivity contribution in [2.45, 2.75) is 64.0 Å².